The second-order valence-electron chi connectivity index (χ2n) is 4.61. The number of aryl methyl sites for hydroxylation is 1. The van der Waals surface area contributed by atoms with Gasteiger partial charge >= 0.3 is 5.97 Å². The minimum absolute atomic E-state index is 0.175. The number of aromatic carboxylic acids is 1. The van der Waals surface area contributed by atoms with Gasteiger partial charge in [-0.25, -0.2) is 9.78 Å². The number of carboxylic acids is 1. The van der Waals surface area contributed by atoms with E-state index in [0.29, 0.717) is 5.13 Å². The van der Waals surface area contributed by atoms with Crippen molar-refractivity contribution in [1.82, 2.24) is 4.98 Å². The van der Waals surface area contributed by atoms with Gasteiger partial charge in [-0.05, 0) is 24.1 Å². The van der Waals surface area contributed by atoms with Crippen LogP contribution in [0, 0.1) is 0 Å². The summed E-state index contributed by atoms with van der Waals surface area (Å²) >= 11 is 1.09. The summed E-state index contributed by atoms with van der Waals surface area (Å²) in [7, 11) is 1.80. The summed E-state index contributed by atoms with van der Waals surface area (Å²) in [6, 6.07) is 7.94. The highest BCUT2D eigenvalue weighted by Gasteiger charge is 2.22. The van der Waals surface area contributed by atoms with Gasteiger partial charge in [0.05, 0.1) is 0 Å². The van der Waals surface area contributed by atoms with Crippen LogP contribution in [0.1, 0.15) is 39.6 Å². The third kappa shape index (κ3) is 3.11. The Labute approximate surface area is 126 Å². The average Bonchev–Trinajstić information content (AvgIpc) is 2.92. The molecule has 1 aromatic heterocycles. The Morgan fingerprint density at radius 3 is 2.33 bits per heavy atom. The molecule has 1 heterocycles. The topological polar surface area (TPSA) is 70.5 Å². The van der Waals surface area contributed by atoms with Crippen LogP contribution in [-0.2, 0) is 6.42 Å². The first-order valence-corrected chi connectivity index (χ1v) is 7.33. The fourth-order valence-corrected chi connectivity index (χ4v) is 2.84. The van der Waals surface area contributed by atoms with Crippen molar-refractivity contribution in [3.05, 3.63) is 40.4 Å². The summed E-state index contributed by atoms with van der Waals surface area (Å²) in [5.41, 5.74) is 1.94. The maximum atomic E-state index is 11.5. The first-order valence-electron chi connectivity index (χ1n) is 6.51. The molecule has 0 aliphatic heterocycles. The summed E-state index contributed by atoms with van der Waals surface area (Å²) < 4.78 is 0. The predicted octanol–water partition coefficient (Wildman–Crippen LogP) is 3.37. The number of thiazole rings is 1. The van der Waals surface area contributed by atoms with Crippen molar-refractivity contribution >= 4 is 33.9 Å². The Balaban J connectivity index is 2.38. The number of nitrogens with zero attached hydrogens (tertiary/aromatic N) is 2. The second kappa shape index (κ2) is 6.05. The van der Waals surface area contributed by atoms with E-state index < -0.39 is 5.97 Å². The monoisotopic (exact) mass is 304 g/mol. The maximum Gasteiger partial charge on any atom is 0.356 e. The van der Waals surface area contributed by atoms with E-state index in [4.69, 9.17) is 5.11 Å². The lowest BCUT2D eigenvalue weighted by Crippen LogP contribution is -2.10. The van der Waals surface area contributed by atoms with Gasteiger partial charge in [-0.2, -0.15) is 0 Å². The van der Waals surface area contributed by atoms with E-state index in [1.807, 2.05) is 24.3 Å². The largest absolute Gasteiger partial charge is 0.476 e. The van der Waals surface area contributed by atoms with Gasteiger partial charge in [0, 0.05) is 19.7 Å². The van der Waals surface area contributed by atoms with Crippen LogP contribution in [-0.4, -0.2) is 28.9 Å². The first-order chi connectivity index (χ1) is 9.93. The van der Waals surface area contributed by atoms with Gasteiger partial charge in [0.25, 0.3) is 0 Å². The lowest BCUT2D eigenvalue weighted by atomic mass is 10.1. The van der Waals surface area contributed by atoms with Gasteiger partial charge in [-0.15, -0.1) is 0 Å². The van der Waals surface area contributed by atoms with Crippen LogP contribution in [0.4, 0.5) is 10.8 Å². The highest BCUT2D eigenvalue weighted by atomic mass is 32.1. The van der Waals surface area contributed by atoms with Crippen molar-refractivity contribution in [2.45, 2.75) is 20.3 Å². The molecule has 2 aromatic rings. The lowest BCUT2D eigenvalue weighted by Gasteiger charge is -2.16. The molecule has 21 heavy (non-hydrogen) atoms. The zero-order valence-corrected chi connectivity index (χ0v) is 12.9. The van der Waals surface area contributed by atoms with Crippen LogP contribution in [0.25, 0.3) is 0 Å². The number of carboxylic acid groups (broad SMARTS) is 1. The van der Waals surface area contributed by atoms with Crippen LogP contribution < -0.4 is 4.90 Å². The Bertz CT molecular complexity index is 645. The number of hydrogen-bond donors (Lipinski definition) is 1. The van der Waals surface area contributed by atoms with Gasteiger partial charge in [-0.1, -0.05) is 30.4 Å². The van der Waals surface area contributed by atoms with E-state index >= 15 is 0 Å². The molecule has 6 heteroatoms. The summed E-state index contributed by atoms with van der Waals surface area (Å²) in [6.07, 6.45) is 0.957. The van der Waals surface area contributed by atoms with E-state index in [2.05, 4.69) is 11.9 Å². The zero-order valence-electron chi connectivity index (χ0n) is 12.1. The van der Waals surface area contributed by atoms with Crippen molar-refractivity contribution in [2.24, 2.45) is 0 Å². The molecular weight excluding hydrogens is 288 g/mol. The number of rotatable bonds is 5. The number of ketones is 1. The van der Waals surface area contributed by atoms with E-state index in [1.54, 1.807) is 11.9 Å². The number of anilines is 2. The Morgan fingerprint density at radius 2 is 1.90 bits per heavy atom. The van der Waals surface area contributed by atoms with E-state index in [-0.39, 0.29) is 16.4 Å². The molecule has 1 N–H and O–H groups in total. The molecule has 0 unspecified atom stereocenters. The number of hydrogen-bond acceptors (Lipinski definition) is 5. The van der Waals surface area contributed by atoms with E-state index in [0.717, 1.165) is 23.4 Å². The van der Waals surface area contributed by atoms with Crippen molar-refractivity contribution < 1.29 is 14.7 Å². The smallest absolute Gasteiger partial charge is 0.356 e. The van der Waals surface area contributed by atoms with Crippen molar-refractivity contribution in [3.8, 4) is 0 Å². The Kier molecular flexibility index (Phi) is 4.37. The molecule has 2 rings (SSSR count). The highest BCUT2D eigenvalue weighted by molar-refractivity contribution is 7.17. The van der Waals surface area contributed by atoms with Gasteiger partial charge in [0.15, 0.2) is 16.6 Å². The number of carbonyl (C=O) groups excluding carboxylic acids is 1. The van der Waals surface area contributed by atoms with Gasteiger partial charge in [0.2, 0.25) is 0 Å². The molecule has 5 nitrogen and oxygen atoms in total. The number of carbonyl (C=O) groups is 2. The van der Waals surface area contributed by atoms with E-state index in [9.17, 15) is 9.59 Å². The summed E-state index contributed by atoms with van der Waals surface area (Å²) in [5.74, 6) is -1.47. The minimum atomic E-state index is -1.18. The fraction of sp³-hybridized carbons (Fsp3) is 0.267. The summed E-state index contributed by atoms with van der Waals surface area (Å²) in [6.45, 7) is 3.43. The molecule has 0 radical (unpaired) electrons. The van der Waals surface area contributed by atoms with Crippen molar-refractivity contribution in [1.29, 1.82) is 0 Å². The summed E-state index contributed by atoms with van der Waals surface area (Å²) in [4.78, 5) is 28.7. The molecule has 0 bridgehead atoms. The van der Waals surface area contributed by atoms with Crippen molar-refractivity contribution in [3.63, 3.8) is 0 Å². The van der Waals surface area contributed by atoms with E-state index in [1.165, 1.54) is 12.5 Å². The van der Waals surface area contributed by atoms with Crippen LogP contribution >= 0.6 is 11.3 Å². The fourth-order valence-electron chi connectivity index (χ4n) is 1.90. The molecule has 0 aliphatic carbocycles. The molecule has 0 spiro atoms. The lowest BCUT2D eigenvalue weighted by molar-refractivity contribution is 0.0687. The van der Waals surface area contributed by atoms with Gasteiger partial charge in [0.1, 0.15) is 4.88 Å². The summed E-state index contributed by atoms with van der Waals surface area (Å²) in [5, 5.41) is 9.61. The third-order valence-corrected chi connectivity index (χ3v) is 4.39. The molecule has 0 atom stereocenters. The molecule has 0 saturated carbocycles. The minimum Gasteiger partial charge on any atom is -0.476 e. The molecule has 0 amide bonds. The third-order valence-electron chi connectivity index (χ3n) is 3.16. The Morgan fingerprint density at radius 1 is 1.29 bits per heavy atom. The quantitative estimate of drug-likeness (QED) is 0.858. The highest BCUT2D eigenvalue weighted by Crippen LogP contribution is 2.31. The Hall–Kier alpha value is -2.21. The van der Waals surface area contributed by atoms with Gasteiger partial charge in [-0.3, -0.25) is 4.79 Å². The van der Waals surface area contributed by atoms with Crippen LogP contribution in [0.5, 0.6) is 0 Å². The normalized spacial score (nSPS) is 10.4. The molecule has 0 aliphatic rings. The molecule has 1 aromatic carbocycles. The number of benzene rings is 1. The molecule has 0 fully saturated rings. The van der Waals surface area contributed by atoms with Crippen LogP contribution in [0.15, 0.2) is 24.3 Å². The second-order valence-corrected chi connectivity index (χ2v) is 5.59. The predicted molar refractivity (Wildman–Crippen MR) is 83.0 cm³/mol. The van der Waals surface area contributed by atoms with Crippen LogP contribution in [0.2, 0.25) is 0 Å². The molecular formula is C15H16N2O3S. The number of aromatic nitrogens is 1. The SMILES string of the molecule is CCc1ccc(N(C)c2nc(C(=O)O)c(C(C)=O)s2)cc1. The number of Topliss-reactive ketones (excluding diaryl/α,β-unsaturated/α-hetero) is 1. The van der Waals surface area contributed by atoms with Crippen molar-refractivity contribution in [2.75, 3.05) is 11.9 Å². The maximum absolute atomic E-state index is 11.5. The molecule has 110 valence electrons. The zero-order chi connectivity index (χ0) is 15.6. The first kappa shape index (κ1) is 15.2. The van der Waals surface area contributed by atoms with Gasteiger partial charge < -0.3 is 10.0 Å². The standard InChI is InChI=1S/C15H16N2O3S/c1-4-10-5-7-11(8-6-10)17(3)15-16-12(14(19)20)13(21-15)9(2)18/h5-8H,4H2,1-3H3,(H,19,20). The van der Waals surface area contributed by atoms with Crippen LogP contribution in [0.3, 0.4) is 0 Å². The molecule has 0 saturated heterocycles. The average molecular weight is 304 g/mol.